The van der Waals surface area contributed by atoms with Crippen LogP contribution < -0.4 is 10.6 Å². The van der Waals surface area contributed by atoms with E-state index < -0.39 is 0 Å². The lowest BCUT2D eigenvalue weighted by Crippen LogP contribution is -2.39. The zero-order valence-electron chi connectivity index (χ0n) is 12.9. The van der Waals surface area contributed by atoms with Crippen LogP contribution in [0.5, 0.6) is 0 Å². The number of carbonyl (C=O) groups excluding carboxylic acids is 1. The second-order valence-corrected chi connectivity index (χ2v) is 6.32. The number of benzene rings is 1. The van der Waals surface area contributed by atoms with Gasteiger partial charge < -0.3 is 15.5 Å². The first-order valence-electron chi connectivity index (χ1n) is 7.24. The van der Waals surface area contributed by atoms with Crippen molar-refractivity contribution in [1.82, 2.24) is 4.90 Å². The van der Waals surface area contributed by atoms with Crippen LogP contribution in [-0.4, -0.2) is 38.0 Å². The van der Waals surface area contributed by atoms with E-state index in [9.17, 15) is 4.79 Å². The normalized spacial score (nSPS) is 22.7. The van der Waals surface area contributed by atoms with E-state index in [4.69, 9.17) is 5.73 Å². The predicted molar refractivity (Wildman–Crippen MR) is 84.0 cm³/mol. The average Bonchev–Trinajstić information content (AvgIpc) is 2.37. The van der Waals surface area contributed by atoms with Crippen molar-refractivity contribution in [3.8, 4) is 0 Å². The fourth-order valence-electron chi connectivity index (χ4n) is 3.07. The van der Waals surface area contributed by atoms with E-state index in [-0.39, 0.29) is 5.91 Å². The number of carbonyl (C=O) groups is 1. The number of nitrogen functional groups attached to an aromatic ring is 1. The van der Waals surface area contributed by atoms with Crippen LogP contribution in [0.1, 0.15) is 30.6 Å². The number of hydrogen-bond acceptors (Lipinski definition) is 3. The Balaban J connectivity index is 2.31. The number of nitrogens with zero attached hydrogens (tertiary/aromatic N) is 2. The molecule has 2 unspecified atom stereocenters. The van der Waals surface area contributed by atoms with Gasteiger partial charge in [-0.3, -0.25) is 4.79 Å². The molecule has 0 spiro atoms. The molecule has 0 bridgehead atoms. The SMILES string of the molecule is CC1CC(C)CN(c2cc(C(=O)N(C)C)ccc2N)C1. The third-order valence-electron chi connectivity index (χ3n) is 3.89. The molecular formula is C16H25N3O. The van der Waals surface area contributed by atoms with Gasteiger partial charge in [-0.05, 0) is 36.5 Å². The molecule has 4 heteroatoms. The van der Waals surface area contributed by atoms with Crippen LogP contribution in [0.2, 0.25) is 0 Å². The monoisotopic (exact) mass is 275 g/mol. The second-order valence-electron chi connectivity index (χ2n) is 6.32. The van der Waals surface area contributed by atoms with Gasteiger partial charge in [-0.25, -0.2) is 0 Å². The highest BCUT2D eigenvalue weighted by Crippen LogP contribution is 2.31. The third kappa shape index (κ3) is 3.06. The molecule has 1 aromatic carbocycles. The summed E-state index contributed by atoms with van der Waals surface area (Å²) in [5.41, 5.74) is 8.57. The summed E-state index contributed by atoms with van der Waals surface area (Å²) in [4.78, 5) is 16.0. The van der Waals surface area contributed by atoms with Crippen molar-refractivity contribution in [2.75, 3.05) is 37.8 Å². The van der Waals surface area contributed by atoms with Crippen LogP contribution in [0.25, 0.3) is 0 Å². The average molecular weight is 275 g/mol. The summed E-state index contributed by atoms with van der Waals surface area (Å²) in [5, 5.41) is 0. The van der Waals surface area contributed by atoms with Crippen molar-refractivity contribution in [2.45, 2.75) is 20.3 Å². The molecule has 20 heavy (non-hydrogen) atoms. The van der Waals surface area contributed by atoms with Crippen molar-refractivity contribution in [1.29, 1.82) is 0 Å². The van der Waals surface area contributed by atoms with Gasteiger partial charge in [0.05, 0.1) is 11.4 Å². The Kier molecular flexibility index (Phi) is 4.21. The molecule has 0 radical (unpaired) electrons. The Bertz CT molecular complexity index is 488. The molecular weight excluding hydrogens is 250 g/mol. The van der Waals surface area contributed by atoms with Crippen LogP contribution in [0.3, 0.4) is 0 Å². The van der Waals surface area contributed by atoms with E-state index in [2.05, 4.69) is 18.7 Å². The lowest BCUT2D eigenvalue weighted by molar-refractivity contribution is 0.0827. The van der Waals surface area contributed by atoms with Crippen LogP contribution >= 0.6 is 0 Å². The molecule has 1 heterocycles. The fourth-order valence-corrected chi connectivity index (χ4v) is 3.07. The zero-order valence-corrected chi connectivity index (χ0v) is 12.9. The molecule has 0 saturated carbocycles. The first kappa shape index (κ1) is 14.7. The predicted octanol–water partition coefficient (Wildman–Crippen LogP) is 2.45. The first-order valence-corrected chi connectivity index (χ1v) is 7.24. The molecule has 1 fully saturated rings. The van der Waals surface area contributed by atoms with Crippen LogP contribution in [0, 0.1) is 11.8 Å². The maximum atomic E-state index is 12.1. The topological polar surface area (TPSA) is 49.6 Å². The summed E-state index contributed by atoms with van der Waals surface area (Å²) >= 11 is 0. The number of rotatable bonds is 2. The molecule has 0 aliphatic carbocycles. The van der Waals surface area contributed by atoms with Gasteiger partial charge in [0.2, 0.25) is 0 Å². The number of hydrogen-bond donors (Lipinski definition) is 1. The van der Waals surface area contributed by atoms with Crippen molar-refractivity contribution >= 4 is 17.3 Å². The van der Waals surface area contributed by atoms with Gasteiger partial charge in [0, 0.05) is 32.7 Å². The molecule has 1 amide bonds. The molecule has 110 valence electrons. The Morgan fingerprint density at radius 1 is 1.25 bits per heavy atom. The highest BCUT2D eigenvalue weighted by atomic mass is 16.2. The molecule has 1 saturated heterocycles. The van der Waals surface area contributed by atoms with Crippen molar-refractivity contribution in [3.05, 3.63) is 23.8 Å². The summed E-state index contributed by atoms with van der Waals surface area (Å²) in [6.45, 7) is 6.56. The quantitative estimate of drug-likeness (QED) is 0.843. The van der Waals surface area contributed by atoms with Crippen molar-refractivity contribution in [2.24, 2.45) is 11.8 Å². The van der Waals surface area contributed by atoms with Gasteiger partial charge in [-0.15, -0.1) is 0 Å². The zero-order chi connectivity index (χ0) is 14.9. The number of amides is 1. The fraction of sp³-hybridized carbons (Fsp3) is 0.562. The minimum atomic E-state index is 0.0179. The number of piperidine rings is 1. The van der Waals surface area contributed by atoms with Crippen LogP contribution in [0.4, 0.5) is 11.4 Å². The first-order chi connectivity index (χ1) is 9.38. The van der Waals surface area contributed by atoms with Gasteiger partial charge in [0.15, 0.2) is 0 Å². The lowest BCUT2D eigenvalue weighted by atomic mass is 9.91. The summed E-state index contributed by atoms with van der Waals surface area (Å²) in [5.74, 6) is 1.34. The number of nitrogens with two attached hydrogens (primary N) is 1. The van der Waals surface area contributed by atoms with E-state index in [1.165, 1.54) is 6.42 Å². The van der Waals surface area contributed by atoms with E-state index in [1.54, 1.807) is 25.1 Å². The summed E-state index contributed by atoms with van der Waals surface area (Å²) in [6, 6.07) is 5.58. The molecule has 1 aliphatic heterocycles. The van der Waals surface area contributed by atoms with Gasteiger partial charge in [-0.1, -0.05) is 13.8 Å². The van der Waals surface area contributed by atoms with Gasteiger partial charge >= 0.3 is 0 Å². The second kappa shape index (κ2) is 5.73. The maximum absolute atomic E-state index is 12.1. The van der Waals surface area contributed by atoms with Crippen molar-refractivity contribution in [3.63, 3.8) is 0 Å². The Morgan fingerprint density at radius 2 is 1.85 bits per heavy atom. The molecule has 1 aliphatic rings. The smallest absolute Gasteiger partial charge is 0.253 e. The molecule has 2 atom stereocenters. The molecule has 2 rings (SSSR count). The third-order valence-corrected chi connectivity index (χ3v) is 3.89. The van der Waals surface area contributed by atoms with Gasteiger partial charge in [0.1, 0.15) is 0 Å². The highest BCUT2D eigenvalue weighted by Gasteiger charge is 2.24. The van der Waals surface area contributed by atoms with E-state index >= 15 is 0 Å². The van der Waals surface area contributed by atoms with Gasteiger partial charge in [-0.2, -0.15) is 0 Å². The lowest BCUT2D eigenvalue weighted by Gasteiger charge is -2.37. The Hall–Kier alpha value is -1.71. The molecule has 1 aromatic rings. The summed E-state index contributed by atoms with van der Waals surface area (Å²) in [6.07, 6.45) is 1.26. The minimum Gasteiger partial charge on any atom is -0.397 e. The Labute approximate surface area is 121 Å². The van der Waals surface area contributed by atoms with Gasteiger partial charge in [0.25, 0.3) is 5.91 Å². The van der Waals surface area contributed by atoms with Crippen LogP contribution in [-0.2, 0) is 0 Å². The summed E-state index contributed by atoms with van der Waals surface area (Å²) < 4.78 is 0. The highest BCUT2D eigenvalue weighted by molar-refractivity contribution is 5.96. The summed E-state index contributed by atoms with van der Waals surface area (Å²) in [7, 11) is 3.53. The molecule has 0 aromatic heterocycles. The largest absolute Gasteiger partial charge is 0.397 e. The van der Waals surface area contributed by atoms with Crippen LogP contribution in [0.15, 0.2) is 18.2 Å². The van der Waals surface area contributed by atoms with Crippen molar-refractivity contribution < 1.29 is 4.79 Å². The molecule has 2 N–H and O–H groups in total. The maximum Gasteiger partial charge on any atom is 0.253 e. The van der Waals surface area contributed by atoms with E-state index in [0.717, 1.165) is 24.5 Å². The van der Waals surface area contributed by atoms with E-state index in [1.807, 2.05) is 12.1 Å². The number of anilines is 2. The molecule has 4 nitrogen and oxygen atoms in total. The Morgan fingerprint density at radius 3 is 2.40 bits per heavy atom. The standard InChI is InChI=1S/C16H25N3O/c1-11-7-12(2)10-19(9-11)15-8-13(5-6-14(15)17)16(20)18(3)4/h5-6,8,11-12H,7,9-10,17H2,1-4H3. The van der Waals surface area contributed by atoms with E-state index in [0.29, 0.717) is 17.4 Å². The minimum absolute atomic E-state index is 0.0179.